The highest BCUT2D eigenvalue weighted by Gasteiger charge is 2.14. The SMILES string of the molecule is Oc1cc(O)c(O)c(-n2nc3ccc(-c4ccccc4)cc3n2)c1. The minimum atomic E-state index is -0.434. The number of phenols is 3. The molecular weight excluding hydrogens is 306 g/mol. The Hall–Kier alpha value is -3.54. The summed E-state index contributed by atoms with van der Waals surface area (Å²) in [6, 6.07) is 17.9. The first-order valence-electron chi connectivity index (χ1n) is 7.30. The van der Waals surface area contributed by atoms with Crippen molar-refractivity contribution >= 4 is 11.0 Å². The average Bonchev–Trinajstić information content (AvgIpc) is 3.01. The molecule has 4 aromatic rings. The van der Waals surface area contributed by atoms with Crippen LogP contribution in [0.5, 0.6) is 17.2 Å². The lowest BCUT2D eigenvalue weighted by Crippen LogP contribution is -1.98. The van der Waals surface area contributed by atoms with Crippen LogP contribution in [0.25, 0.3) is 27.8 Å². The van der Waals surface area contributed by atoms with E-state index in [2.05, 4.69) is 10.2 Å². The van der Waals surface area contributed by atoms with Gasteiger partial charge in [0.25, 0.3) is 0 Å². The van der Waals surface area contributed by atoms with E-state index in [1.165, 1.54) is 10.9 Å². The van der Waals surface area contributed by atoms with Crippen molar-refractivity contribution in [1.82, 2.24) is 15.0 Å². The quantitative estimate of drug-likeness (QED) is 0.390. The minimum Gasteiger partial charge on any atom is -0.508 e. The maximum absolute atomic E-state index is 9.97. The van der Waals surface area contributed by atoms with Crippen LogP contribution in [0.15, 0.2) is 60.7 Å². The predicted octanol–water partition coefficient (Wildman–Crippen LogP) is 3.20. The van der Waals surface area contributed by atoms with Crippen molar-refractivity contribution in [2.24, 2.45) is 0 Å². The average molecular weight is 319 g/mol. The number of rotatable bonds is 2. The van der Waals surface area contributed by atoms with Gasteiger partial charge in [0, 0.05) is 12.1 Å². The molecule has 0 fully saturated rings. The van der Waals surface area contributed by atoms with Crippen LogP contribution >= 0.6 is 0 Å². The molecule has 1 aromatic heterocycles. The Labute approximate surface area is 136 Å². The summed E-state index contributed by atoms with van der Waals surface area (Å²) in [5.74, 6) is -1.01. The highest BCUT2D eigenvalue weighted by atomic mass is 16.3. The van der Waals surface area contributed by atoms with Gasteiger partial charge in [0.2, 0.25) is 0 Å². The third-order valence-corrected chi connectivity index (χ3v) is 3.76. The topological polar surface area (TPSA) is 91.4 Å². The van der Waals surface area contributed by atoms with Gasteiger partial charge in [-0.2, -0.15) is 0 Å². The lowest BCUT2D eigenvalue weighted by Gasteiger charge is -2.05. The van der Waals surface area contributed by atoms with E-state index in [-0.39, 0.29) is 11.4 Å². The van der Waals surface area contributed by atoms with E-state index < -0.39 is 11.5 Å². The Balaban J connectivity index is 1.85. The maximum Gasteiger partial charge on any atom is 0.185 e. The van der Waals surface area contributed by atoms with Gasteiger partial charge in [-0.1, -0.05) is 36.4 Å². The highest BCUT2D eigenvalue weighted by Crippen LogP contribution is 2.35. The van der Waals surface area contributed by atoms with Gasteiger partial charge in [-0.3, -0.25) is 0 Å². The van der Waals surface area contributed by atoms with Crippen molar-refractivity contribution in [2.75, 3.05) is 0 Å². The molecule has 0 radical (unpaired) electrons. The van der Waals surface area contributed by atoms with Crippen molar-refractivity contribution in [1.29, 1.82) is 0 Å². The third kappa shape index (κ3) is 2.30. The molecule has 0 amide bonds. The number of aromatic nitrogens is 3. The Morgan fingerprint density at radius 1 is 0.708 bits per heavy atom. The molecule has 6 nitrogen and oxygen atoms in total. The summed E-state index contributed by atoms with van der Waals surface area (Å²) >= 11 is 0. The Morgan fingerprint density at radius 2 is 1.46 bits per heavy atom. The Bertz CT molecular complexity index is 1040. The maximum atomic E-state index is 9.97. The van der Waals surface area contributed by atoms with Crippen LogP contribution in [0.1, 0.15) is 0 Å². The summed E-state index contributed by atoms with van der Waals surface area (Å²) in [6.07, 6.45) is 0. The van der Waals surface area contributed by atoms with Gasteiger partial charge in [-0.05, 0) is 23.3 Å². The molecule has 0 aliphatic heterocycles. The smallest absolute Gasteiger partial charge is 0.185 e. The largest absolute Gasteiger partial charge is 0.508 e. The fourth-order valence-electron chi connectivity index (χ4n) is 2.57. The van der Waals surface area contributed by atoms with Crippen molar-refractivity contribution in [3.8, 4) is 34.1 Å². The second-order valence-electron chi connectivity index (χ2n) is 5.39. The Morgan fingerprint density at radius 3 is 2.25 bits per heavy atom. The molecule has 3 aromatic carbocycles. The molecule has 0 bridgehead atoms. The summed E-state index contributed by atoms with van der Waals surface area (Å²) in [5, 5.41) is 37.8. The second kappa shape index (κ2) is 5.27. The van der Waals surface area contributed by atoms with E-state index in [0.29, 0.717) is 11.0 Å². The van der Waals surface area contributed by atoms with Gasteiger partial charge in [-0.15, -0.1) is 15.0 Å². The van der Waals surface area contributed by atoms with E-state index in [9.17, 15) is 15.3 Å². The molecule has 4 rings (SSSR count). The molecule has 24 heavy (non-hydrogen) atoms. The fraction of sp³-hybridized carbons (Fsp3) is 0. The lowest BCUT2D eigenvalue weighted by atomic mass is 10.1. The molecule has 0 aliphatic carbocycles. The first-order valence-corrected chi connectivity index (χ1v) is 7.30. The fourth-order valence-corrected chi connectivity index (χ4v) is 2.57. The van der Waals surface area contributed by atoms with Crippen LogP contribution in [0.4, 0.5) is 0 Å². The molecular formula is C18H13N3O3. The molecule has 118 valence electrons. The van der Waals surface area contributed by atoms with E-state index in [1.54, 1.807) is 0 Å². The molecule has 3 N–H and O–H groups in total. The summed E-state index contributed by atoms with van der Waals surface area (Å²) in [4.78, 5) is 1.19. The van der Waals surface area contributed by atoms with Crippen LogP contribution in [-0.4, -0.2) is 30.3 Å². The van der Waals surface area contributed by atoms with Gasteiger partial charge in [0.05, 0.1) is 0 Å². The predicted molar refractivity (Wildman–Crippen MR) is 89.3 cm³/mol. The summed E-state index contributed by atoms with van der Waals surface area (Å²) < 4.78 is 0. The van der Waals surface area contributed by atoms with Crippen LogP contribution in [0.3, 0.4) is 0 Å². The molecule has 0 atom stereocenters. The lowest BCUT2D eigenvalue weighted by molar-refractivity contribution is 0.392. The zero-order valence-electron chi connectivity index (χ0n) is 12.5. The first-order chi connectivity index (χ1) is 11.6. The van der Waals surface area contributed by atoms with Gasteiger partial charge in [0.1, 0.15) is 22.5 Å². The number of hydrogen-bond donors (Lipinski definition) is 3. The Kier molecular flexibility index (Phi) is 3.09. The summed E-state index contributed by atoms with van der Waals surface area (Å²) in [7, 11) is 0. The zero-order valence-corrected chi connectivity index (χ0v) is 12.5. The summed E-state index contributed by atoms with van der Waals surface area (Å²) in [6.45, 7) is 0. The molecule has 1 heterocycles. The third-order valence-electron chi connectivity index (χ3n) is 3.76. The van der Waals surface area contributed by atoms with Crippen molar-refractivity contribution in [3.05, 3.63) is 60.7 Å². The van der Waals surface area contributed by atoms with Crippen LogP contribution in [0, 0.1) is 0 Å². The highest BCUT2D eigenvalue weighted by molar-refractivity contribution is 5.81. The monoisotopic (exact) mass is 319 g/mol. The standard InChI is InChI=1S/C18H13N3O3/c22-13-9-16(18(24)17(23)10-13)21-19-14-7-6-12(8-15(14)20-21)11-4-2-1-3-5-11/h1-10,22-24H. The van der Waals surface area contributed by atoms with Gasteiger partial charge in [0.15, 0.2) is 11.5 Å². The van der Waals surface area contributed by atoms with Crippen LogP contribution in [0.2, 0.25) is 0 Å². The van der Waals surface area contributed by atoms with Gasteiger partial charge >= 0.3 is 0 Å². The van der Waals surface area contributed by atoms with Crippen molar-refractivity contribution in [2.45, 2.75) is 0 Å². The minimum absolute atomic E-state index is 0.102. The molecule has 0 aliphatic rings. The zero-order chi connectivity index (χ0) is 16.7. The molecule has 6 heteroatoms. The number of nitrogens with zero attached hydrogens (tertiary/aromatic N) is 3. The van der Waals surface area contributed by atoms with Gasteiger partial charge < -0.3 is 15.3 Å². The van der Waals surface area contributed by atoms with Crippen LogP contribution in [-0.2, 0) is 0 Å². The number of benzene rings is 3. The normalized spacial score (nSPS) is 11.0. The van der Waals surface area contributed by atoms with E-state index in [1.807, 2.05) is 48.5 Å². The summed E-state index contributed by atoms with van der Waals surface area (Å²) in [5.41, 5.74) is 3.44. The van der Waals surface area contributed by atoms with Crippen molar-refractivity contribution < 1.29 is 15.3 Å². The number of phenolic OH excluding ortho intramolecular Hbond substituents is 3. The van der Waals surface area contributed by atoms with E-state index in [4.69, 9.17) is 0 Å². The van der Waals surface area contributed by atoms with E-state index >= 15 is 0 Å². The number of aromatic hydroxyl groups is 3. The second-order valence-corrected chi connectivity index (χ2v) is 5.39. The first kappa shape index (κ1) is 14.1. The van der Waals surface area contributed by atoms with Crippen LogP contribution < -0.4 is 0 Å². The van der Waals surface area contributed by atoms with E-state index in [0.717, 1.165) is 17.2 Å². The molecule has 0 unspecified atom stereocenters. The van der Waals surface area contributed by atoms with Gasteiger partial charge in [-0.25, -0.2) is 0 Å². The van der Waals surface area contributed by atoms with Crippen molar-refractivity contribution in [3.63, 3.8) is 0 Å². The molecule has 0 saturated heterocycles. The number of fused-ring (bicyclic) bond motifs is 1. The molecule has 0 spiro atoms. The molecule has 0 saturated carbocycles. The number of hydrogen-bond acceptors (Lipinski definition) is 5.